The zero-order valence-electron chi connectivity index (χ0n) is 11.5. The van der Waals surface area contributed by atoms with E-state index in [4.69, 9.17) is 9.47 Å². The van der Waals surface area contributed by atoms with Crippen molar-refractivity contribution in [2.45, 2.75) is 33.2 Å². The van der Waals surface area contributed by atoms with Crippen LogP contribution in [0.1, 0.15) is 32.3 Å². The molecule has 0 amide bonds. The zero-order chi connectivity index (χ0) is 13.5. The molecule has 19 heavy (non-hydrogen) atoms. The van der Waals surface area contributed by atoms with Gasteiger partial charge in [0.25, 0.3) is 0 Å². The average molecular weight is 326 g/mol. The van der Waals surface area contributed by atoms with E-state index in [2.05, 4.69) is 41.2 Å². The van der Waals surface area contributed by atoms with Gasteiger partial charge in [-0.25, -0.2) is 0 Å². The maximum Gasteiger partial charge on any atom is 0.231 e. The number of hydrogen-bond donors (Lipinski definition) is 1. The van der Waals surface area contributed by atoms with E-state index in [1.807, 2.05) is 6.07 Å². The molecule has 0 atom stereocenters. The molecule has 1 aromatic rings. The molecule has 3 nitrogen and oxygen atoms in total. The molecule has 2 aliphatic rings. The smallest absolute Gasteiger partial charge is 0.231 e. The maximum atomic E-state index is 5.42. The Morgan fingerprint density at radius 2 is 1.95 bits per heavy atom. The van der Waals surface area contributed by atoms with Crippen LogP contribution in [-0.4, -0.2) is 13.3 Å². The largest absolute Gasteiger partial charge is 0.454 e. The van der Waals surface area contributed by atoms with Crippen molar-refractivity contribution in [3.63, 3.8) is 0 Å². The maximum absolute atomic E-state index is 5.42. The van der Waals surface area contributed by atoms with Crippen LogP contribution in [0.5, 0.6) is 11.5 Å². The van der Waals surface area contributed by atoms with Crippen molar-refractivity contribution in [3.8, 4) is 11.5 Å². The average Bonchev–Trinajstić information content (AvgIpc) is 3.03. The topological polar surface area (TPSA) is 30.5 Å². The van der Waals surface area contributed by atoms with Crippen LogP contribution in [0.15, 0.2) is 16.6 Å². The molecule has 0 bridgehead atoms. The molecule has 1 heterocycles. The number of nitrogens with one attached hydrogen (secondary N) is 1. The van der Waals surface area contributed by atoms with Gasteiger partial charge >= 0.3 is 0 Å². The Bertz CT molecular complexity index is 483. The quantitative estimate of drug-likeness (QED) is 0.895. The molecule has 1 aliphatic carbocycles. The highest BCUT2D eigenvalue weighted by Gasteiger charge is 2.44. The minimum absolute atomic E-state index is 0.328. The second kappa shape index (κ2) is 4.98. The monoisotopic (exact) mass is 325 g/mol. The van der Waals surface area contributed by atoms with Crippen LogP contribution in [0.25, 0.3) is 0 Å². The van der Waals surface area contributed by atoms with Crippen LogP contribution >= 0.6 is 15.9 Å². The van der Waals surface area contributed by atoms with E-state index in [-0.39, 0.29) is 0 Å². The minimum Gasteiger partial charge on any atom is -0.454 e. The Kier molecular flexibility index (Phi) is 3.48. The predicted octanol–water partition coefficient (Wildman–Crippen LogP) is 3.70. The lowest BCUT2D eigenvalue weighted by Crippen LogP contribution is -2.27. The summed E-state index contributed by atoms with van der Waals surface area (Å²) in [7, 11) is 0. The molecule has 1 fully saturated rings. The first-order valence-corrected chi connectivity index (χ1v) is 7.69. The summed E-state index contributed by atoms with van der Waals surface area (Å²) in [6.07, 6.45) is 2.72. The molecule has 0 spiro atoms. The Morgan fingerprint density at radius 1 is 1.26 bits per heavy atom. The standard InChI is InChI=1S/C15H20BrNO2/c1-10(2)15(3-4-15)8-17-7-11-5-13-14(6-12(11)16)19-9-18-13/h5-6,10,17H,3-4,7-9H2,1-2H3. The SMILES string of the molecule is CC(C)C1(CNCc2cc3c(cc2Br)OCO3)CC1. The van der Waals surface area contributed by atoms with Gasteiger partial charge in [-0.15, -0.1) is 0 Å². The third-order valence-electron chi connectivity index (χ3n) is 4.45. The minimum atomic E-state index is 0.328. The molecule has 0 unspecified atom stereocenters. The van der Waals surface area contributed by atoms with E-state index in [1.165, 1.54) is 18.4 Å². The summed E-state index contributed by atoms with van der Waals surface area (Å²) in [4.78, 5) is 0. The second-order valence-electron chi connectivity index (χ2n) is 5.92. The van der Waals surface area contributed by atoms with E-state index in [1.54, 1.807) is 0 Å². The molecule has 1 N–H and O–H groups in total. The summed E-state index contributed by atoms with van der Waals surface area (Å²) in [6, 6.07) is 4.06. The van der Waals surface area contributed by atoms with Crippen molar-refractivity contribution in [1.82, 2.24) is 5.32 Å². The predicted molar refractivity (Wildman–Crippen MR) is 78.5 cm³/mol. The second-order valence-corrected chi connectivity index (χ2v) is 6.77. The van der Waals surface area contributed by atoms with Crippen LogP contribution in [0.4, 0.5) is 0 Å². The third kappa shape index (κ3) is 2.61. The summed E-state index contributed by atoms with van der Waals surface area (Å²) in [5.74, 6) is 2.45. The van der Waals surface area contributed by atoms with Crippen LogP contribution < -0.4 is 14.8 Å². The van der Waals surface area contributed by atoms with Gasteiger partial charge in [-0.1, -0.05) is 29.8 Å². The van der Waals surface area contributed by atoms with Gasteiger partial charge in [-0.2, -0.15) is 0 Å². The molecule has 1 aliphatic heterocycles. The van der Waals surface area contributed by atoms with E-state index in [9.17, 15) is 0 Å². The fourth-order valence-corrected chi connectivity index (χ4v) is 3.12. The molecule has 0 radical (unpaired) electrons. The van der Waals surface area contributed by atoms with Crippen LogP contribution in [0.2, 0.25) is 0 Å². The van der Waals surface area contributed by atoms with Crippen molar-refractivity contribution in [2.24, 2.45) is 11.3 Å². The van der Waals surface area contributed by atoms with E-state index >= 15 is 0 Å². The molecule has 104 valence electrons. The first-order valence-electron chi connectivity index (χ1n) is 6.89. The molecular formula is C15H20BrNO2. The lowest BCUT2D eigenvalue weighted by molar-refractivity contribution is 0.174. The number of ether oxygens (including phenoxy) is 2. The van der Waals surface area contributed by atoms with E-state index in [0.29, 0.717) is 12.2 Å². The number of benzene rings is 1. The highest BCUT2D eigenvalue weighted by atomic mass is 79.9. The van der Waals surface area contributed by atoms with Gasteiger partial charge in [0, 0.05) is 17.6 Å². The normalized spacial score (nSPS) is 18.9. The van der Waals surface area contributed by atoms with Crippen molar-refractivity contribution >= 4 is 15.9 Å². The Balaban J connectivity index is 1.61. The third-order valence-corrected chi connectivity index (χ3v) is 5.19. The summed E-state index contributed by atoms with van der Waals surface area (Å²) in [5.41, 5.74) is 1.77. The number of fused-ring (bicyclic) bond motifs is 1. The fourth-order valence-electron chi connectivity index (χ4n) is 2.66. The lowest BCUT2D eigenvalue weighted by atomic mass is 9.92. The summed E-state index contributed by atoms with van der Waals surface area (Å²) < 4.78 is 11.9. The van der Waals surface area contributed by atoms with Crippen molar-refractivity contribution in [3.05, 3.63) is 22.2 Å². The van der Waals surface area contributed by atoms with Gasteiger partial charge in [0.1, 0.15) is 0 Å². The first-order chi connectivity index (χ1) is 9.11. The van der Waals surface area contributed by atoms with Crippen LogP contribution in [-0.2, 0) is 6.54 Å². The Labute approximate surface area is 122 Å². The van der Waals surface area contributed by atoms with E-state index < -0.39 is 0 Å². The lowest BCUT2D eigenvalue weighted by Gasteiger charge is -2.20. The van der Waals surface area contributed by atoms with Crippen LogP contribution in [0.3, 0.4) is 0 Å². The highest BCUT2D eigenvalue weighted by Crippen LogP contribution is 2.51. The summed E-state index contributed by atoms with van der Waals surface area (Å²) >= 11 is 3.60. The number of hydrogen-bond acceptors (Lipinski definition) is 3. The first kappa shape index (κ1) is 13.3. The number of halogens is 1. The van der Waals surface area contributed by atoms with Crippen molar-refractivity contribution in [2.75, 3.05) is 13.3 Å². The molecule has 0 saturated heterocycles. The molecule has 4 heteroatoms. The molecular weight excluding hydrogens is 306 g/mol. The van der Waals surface area contributed by atoms with Gasteiger partial charge in [0.2, 0.25) is 6.79 Å². The zero-order valence-corrected chi connectivity index (χ0v) is 13.0. The molecule has 0 aromatic heterocycles. The van der Waals surface area contributed by atoms with Gasteiger partial charge in [-0.3, -0.25) is 0 Å². The fraction of sp³-hybridized carbons (Fsp3) is 0.600. The van der Waals surface area contributed by atoms with Crippen LogP contribution in [0, 0.1) is 11.3 Å². The van der Waals surface area contributed by atoms with Crippen molar-refractivity contribution in [1.29, 1.82) is 0 Å². The summed E-state index contributed by atoms with van der Waals surface area (Å²) in [5, 5.41) is 3.59. The Hall–Kier alpha value is -0.740. The van der Waals surface area contributed by atoms with Gasteiger partial charge in [-0.05, 0) is 41.9 Å². The van der Waals surface area contributed by atoms with Crippen molar-refractivity contribution < 1.29 is 9.47 Å². The van der Waals surface area contributed by atoms with E-state index in [0.717, 1.165) is 35.0 Å². The highest BCUT2D eigenvalue weighted by molar-refractivity contribution is 9.10. The van der Waals surface area contributed by atoms with Gasteiger partial charge in [0.15, 0.2) is 11.5 Å². The van der Waals surface area contributed by atoms with Gasteiger partial charge in [0.05, 0.1) is 0 Å². The summed E-state index contributed by atoms with van der Waals surface area (Å²) in [6.45, 7) is 6.95. The van der Waals surface area contributed by atoms with Gasteiger partial charge < -0.3 is 14.8 Å². The molecule has 1 aromatic carbocycles. The number of rotatable bonds is 5. The molecule has 3 rings (SSSR count). The molecule has 1 saturated carbocycles. The Morgan fingerprint density at radius 3 is 2.58 bits per heavy atom.